The fourth-order valence-corrected chi connectivity index (χ4v) is 1.45. The van der Waals surface area contributed by atoms with Crippen LogP contribution in [0.4, 0.5) is 0 Å². The van der Waals surface area contributed by atoms with Crippen LogP contribution < -0.4 is 4.65 Å². The van der Waals surface area contributed by atoms with Crippen LogP contribution in [0.25, 0.3) is 0 Å². The van der Waals surface area contributed by atoms with Crippen LogP contribution in [-0.4, -0.2) is 19.5 Å². The summed E-state index contributed by atoms with van der Waals surface area (Å²) >= 11 is 0. The molecule has 80 valence electrons. The second-order valence-corrected chi connectivity index (χ2v) is 3.53. The van der Waals surface area contributed by atoms with E-state index >= 15 is 0 Å². The molecule has 0 atom stereocenters. The Morgan fingerprint density at radius 2 is 1.93 bits per heavy atom. The second kappa shape index (κ2) is 4.66. The monoisotopic (exact) mass is 208 g/mol. The molecule has 0 heterocycles. The van der Waals surface area contributed by atoms with Crippen LogP contribution in [0, 0.1) is 0 Å². The SMILES string of the molecule is COOB(O)Oc1ccc(C2CC2)cc1. The van der Waals surface area contributed by atoms with Gasteiger partial charge in [-0.2, -0.15) is 0 Å². The van der Waals surface area contributed by atoms with Crippen molar-refractivity contribution in [3.05, 3.63) is 29.8 Å². The molecule has 1 aliphatic carbocycles. The summed E-state index contributed by atoms with van der Waals surface area (Å²) in [5, 5.41) is 9.12. The lowest BCUT2D eigenvalue weighted by atomic mass is 10.1. The second-order valence-electron chi connectivity index (χ2n) is 3.53. The molecule has 4 nitrogen and oxygen atoms in total. The summed E-state index contributed by atoms with van der Waals surface area (Å²) < 4.78 is 5.02. The number of benzene rings is 1. The van der Waals surface area contributed by atoms with E-state index in [1.165, 1.54) is 25.5 Å². The van der Waals surface area contributed by atoms with Crippen molar-refractivity contribution in [3.63, 3.8) is 0 Å². The minimum atomic E-state index is -1.39. The van der Waals surface area contributed by atoms with Gasteiger partial charge in [0.1, 0.15) is 5.75 Å². The predicted molar refractivity (Wildman–Crippen MR) is 55.1 cm³/mol. The third kappa shape index (κ3) is 2.96. The van der Waals surface area contributed by atoms with Crippen LogP contribution in [0.2, 0.25) is 0 Å². The fraction of sp³-hybridized carbons (Fsp3) is 0.400. The largest absolute Gasteiger partial charge is 0.739 e. The van der Waals surface area contributed by atoms with Gasteiger partial charge in [-0.25, -0.2) is 9.69 Å². The number of hydrogen-bond acceptors (Lipinski definition) is 4. The molecule has 1 aromatic rings. The van der Waals surface area contributed by atoms with Gasteiger partial charge >= 0.3 is 7.32 Å². The van der Waals surface area contributed by atoms with Crippen LogP contribution in [-0.2, 0) is 9.69 Å². The molecule has 1 aromatic carbocycles. The lowest BCUT2D eigenvalue weighted by molar-refractivity contribution is -0.207. The van der Waals surface area contributed by atoms with Crippen LogP contribution in [0.1, 0.15) is 24.3 Å². The summed E-state index contributed by atoms with van der Waals surface area (Å²) in [5.74, 6) is 1.28. The average molecular weight is 208 g/mol. The third-order valence-electron chi connectivity index (χ3n) is 2.34. The minimum Gasteiger partial charge on any atom is -0.511 e. The molecule has 0 spiro atoms. The van der Waals surface area contributed by atoms with E-state index in [0.717, 1.165) is 5.92 Å². The predicted octanol–water partition coefficient (Wildman–Crippen LogP) is 1.50. The standard InChI is InChI=1S/C10H13BO4/c1-13-15-11(12)14-10-6-4-9(5-7-10)8-2-3-8/h4-8,12H,2-3H2,1H3. The van der Waals surface area contributed by atoms with Crippen LogP contribution in [0.15, 0.2) is 24.3 Å². The minimum absolute atomic E-state index is 0.559. The molecule has 0 aliphatic heterocycles. The molecule has 1 fully saturated rings. The first-order chi connectivity index (χ1) is 7.29. The van der Waals surface area contributed by atoms with Gasteiger partial charge in [-0.3, -0.25) is 0 Å². The Labute approximate surface area is 88.9 Å². The Kier molecular flexibility index (Phi) is 3.25. The van der Waals surface area contributed by atoms with Gasteiger partial charge in [0, 0.05) is 0 Å². The maximum atomic E-state index is 9.12. The fourth-order valence-electron chi connectivity index (χ4n) is 1.45. The molecule has 15 heavy (non-hydrogen) atoms. The van der Waals surface area contributed by atoms with Gasteiger partial charge in [-0.15, -0.1) is 0 Å². The topological polar surface area (TPSA) is 47.9 Å². The molecule has 1 saturated carbocycles. The van der Waals surface area contributed by atoms with Crippen molar-refractivity contribution in [3.8, 4) is 5.75 Å². The number of rotatable bonds is 5. The van der Waals surface area contributed by atoms with E-state index in [0.29, 0.717) is 5.75 Å². The van der Waals surface area contributed by atoms with Gasteiger partial charge in [0.05, 0.1) is 7.11 Å². The zero-order valence-electron chi connectivity index (χ0n) is 8.55. The Morgan fingerprint density at radius 1 is 1.27 bits per heavy atom. The van der Waals surface area contributed by atoms with Crippen molar-refractivity contribution < 1.29 is 19.4 Å². The summed E-state index contributed by atoms with van der Waals surface area (Å²) in [6.07, 6.45) is 2.55. The van der Waals surface area contributed by atoms with E-state index < -0.39 is 7.32 Å². The van der Waals surface area contributed by atoms with E-state index in [-0.39, 0.29) is 0 Å². The summed E-state index contributed by atoms with van der Waals surface area (Å²) in [7, 11) is -0.0789. The maximum absolute atomic E-state index is 9.12. The zero-order chi connectivity index (χ0) is 10.7. The number of hydrogen-bond donors (Lipinski definition) is 1. The molecule has 0 amide bonds. The smallest absolute Gasteiger partial charge is 0.511 e. The molecule has 0 aromatic heterocycles. The van der Waals surface area contributed by atoms with Gasteiger partial charge in [-0.05, 0) is 36.5 Å². The lowest BCUT2D eigenvalue weighted by Gasteiger charge is -2.08. The molecule has 1 N–H and O–H groups in total. The van der Waals surface area contributed by atoms with Gasteiger partial charge in [0.2, 0.25) is 0 Å². The normalized spacial score (nSPS) is 15.1. The Hall–Kier alpha value is -1.04. The first-order valence-electron chi connectivity index (χ1n) is 4.94. The Bertz CT molecular complexity index is 310. The zero-order valence-corrected chi connectivity index (χ0v) is 8.55. The Morgan fingerprint density at radius 3 is 2.47 bits per heavy atom. The van der Waals surface area contributed by atoms with E-state index in [9.17, 15) is 0 Å². The van der Waals surface area contributed by atoms with E-state index in [2.05, 4.69) is 9.69 Å². The maximum Gasteiger partial charge on any atom is 0.739 e. The molecule has 0 unspecified atom stereocenters. The Balaban J connectivity index is 1.91. The highest BCUT2D eigenvalue weighted by atomic mass is 17.2. The van der Waals surface area contributed by atoms with Gasteiger partial charge in [0.25, 0.3) is 0 Å². The summed E-state index contributed by atoms with van der Waals surface area (Å²) in [6.45, 7) is 0. The average Bonchev–Trinajstić information content (AvgIpc) is 3.03. The van der Waals surface area contributed by atoms with Crippen LogP contribution >= 0.6 is 0 Å². The lowest BCUT2D eigenvalue weighted by Crippen LogP contribution is -2.25. The van der Waals surface area contributed by atoms with E-state index in [4.69, 9.17) is 9.68 Å². The van der Waals surface area contributed by atoms with Crippen molar-refractivity contribution in [2.75, 3.05) is 7.11 Å². The molecular weight excluding hydrogens is 195 g/mol. The highest BCUT2D eigenvalue weighted by Crippen LogP contribution is 2.40. The van der Waals surface area contributed by atoms with Crippen LogP contribution in [0.3, 0.4) is 0 Å². The molecule has 0 bridgehead atoms. The first kappa shape index (κ1) is 10.5. The van der Waals surface area contributed by atoms with Gasteiger partial charge in [-0.1, -0.05) is 12.1 Å². The third-order valence-corrected chi connectivity index (χ3v) is 2.34. The molecule has 0 saturated heterocycles. The highest BCUT2D eigenvalue weighted by molar-refractivity contribution is 6.35. The van der Waals surface area contributed by atoms with Crippen molar-refractivity contribution in [2.24, 2.45) is 0 Å². The van der Waals surface area contributed by atoms with Gasteiger partial charge in [0.15, 0.2) is 0 Å². The molecule has 2 rings (SSSR count). The van der Waals surface area contributed by atoms with E-state index in [1.807, 2.05) is 24.3 Å². The van der Waals surface area contributed by atoms with Gasteiger partial charge < -0.3 is 9.68 Å². The molecule has 0 radical (unpaired) electrons. The van der Waals surface area contributed by atoms with Crippen molar-refractivity contribution in [1.29, 1.82) is 0 Å². The molecule has 5 heteroatoms. The van der Waals surface area contributed by atoms with Crippen molar-refractivity contribution in [1.82, 2.24) is 0 Å². The summed E-state index contributed by atoms with van der Waals surface area (Å²) in [6, 6.07) is 7.64. The summed E-state index contributed by atoms with van der Waals surface area (Å²) in [4.78, 5) is 8.64. The molecular formula is C10H13BO4. The van der Waals surface area contributed by atoms with Crippen LogP contribution in [0.5, 0.6) is 5.75 Å². The summed E-state index contributed by atoms with van der Waals surface area (Å²) in [5.41, 5.74) is 1.32. The highest BCUT2D eigenvalue weighted by Gasteiger charge is 2.24. The quantitative estimate of drug-likeness (QED) is 0.452. The van der Waals surface area contributed by atoms with Crippen molar-refractivity contribution >= 4 is 7.32 Å². The molecule has 1 aliphatic rings. The first-order valence-corrected chi connectivity index (χ1v) is 4.94. The van der Waals surface area contributed by atoms with E-state index in [1.54, 1.807) is 0 Å². The van der Waals surface area contributed by atoms with Crippen molar-refractivity contribution in [2.45, 2.75) is 18.8 Å².